The zero-order chi connectivity index (χ0) is 21.6. The van der Waals surface area contributed by atoms with E-state index in [1.54, 1.807) is 11.8 Å². The molecule has 0 bridgehead atoms. The van der Waals surface area contributed by atoms with Crippen molar-refractivity contribution in [3.8, 4) is 5.75 Å². The fourth-order valence-electron chi connectivity index (χ4n) is 4.44. The van der Waals surface area contributed by atoms with Crippen LogP contribution in [0.1, 0.15) is 50.0 Å². The summed E-state index contributed by atoms with van der Waals surface area (Å²) in [4.78, 5) is 17.6. The molecule has 2 aromatic heterocycles. The topological polar surface area (TPSA) is 99.4 Å². The van der Waals surface area contributed by atoms with Crippen LogP contribution < -0.4 is 15.2 Å². The van der Waals surface area contributed by atoms with Gasteiger partial charge in [-0.2, -0.15) is 0 Å². The molecule has 1 atom stereocenters. The summed E-state index contributed by atoms with van der Waals surface area (Å²) in [6.45, 7) is 5.57. The minimum Gasteiger partial charge on any atom is -0.494 e. The maximum absolute atomic E-state index is 13.2. The zero-order valence-corrected chi connectivity index (χ0v) is 18.3. The fraction of sp³-hybridized carbons (Fsp3) is 0.545. The summed E-state index contributed by atoms with van der Waals surface area (Å²) < 4.78 is 12.7. The number of aromatic amines is 1. The van der Waals surface area contributed by atoms with Gasteiger partial charge in [-0.25, -0.2) is 4.68 Å². The van der Waals surface area contributed by atoms with Gasteiger partial charge in [0, 0.05) is 18.0 Å². The van der Waals surface area contributed by atoms with Crippen molar-refractivity contribution >= 4 is 10.9 Å². The number of tetrazole rings is 1. The molecule has 9 heteroatoms. The van der Waals surface area contributed by atoms with Crippen molar-refractivity contribution in [2.75, 3.05) is 33.4 Å². The zero-order valence-electron chi connectivity index (χ0n) is 18.3. The molecule has 0 amide bonds. The van der Waals surface area contributed by atoms with Gasteiger partial charge in [0.05, 0.1) is 38.4 Å². The van der Waals surface area contributed by atoms with Gasteiger partial charge in [-0.3, -0.25) is 4.79 Å². The summed E-state index contributed by atoms with van der Waals surface area (Å²) >= 11 is 0. The van der Waals surface area contributed by atoms with E-state index in [-0.39, 0.29) is 11.6 Å². The second-order valence-electron chi connectivity index (χ2n) is 7.99. The van der Waals surface area contributed by atoms with Crippen molar-refractivity contribution in [2.45, 2.75) is 45.2 Å². The van der Waals surface area contributed by atoms with E-state index in [4.69, 9.17) is 9.47 Å². The standard InChI is InChI=1S/C22H30N6O3/c1-3-31-17-8-9-19-16(14-17)15-18(22(29)23-19)20(27-10-6-4-5-7-11-27)21-24-25-26-28(21)12-13-30-2/h8-9,14-15,20H,3-7,10-13H2,1-2H3,(H,23,29)/p+1/t20-/m1/s1. The maximum Gasteiger partial charge on any atom is 0.258 e. The van der Waals surface area contributed by atoms with Gasteiger partial charge in [0.1, 0.15) is 5.75 Å². The van der Waals surface area contributed by atoms with Crippen LogP contribution in [0.2, 0.25) is 0 Å². The Hall–Kier alpha value is -2.78. The van der Waals surface area contributed by atoms with Gasteiger partial charge in [-0.05, 0) is 67.3 Å². The van der Waals surface area contributed by atoms with Gasteiger partial charge < -0.3 is 19.4 Å². The van der Waals surface area contributed by atoms with E-state index >= 15 is 0 Å². The number of aromatic nitrogens is 5. The molecule has 2 N–H and O–H groups in total. The Morgan fingerprint density at radius 1 is 1.19 bits per heavy atom. The van der Waals surface area contributed by atoms with Gasteiger partial charge in [0.25, 0.3) is 5.56 Å². The SMILES string of the molecule is CCOc1ccc2[nH]c(=O)c([C@H](c3nnnn3CCOC)[NH+]3CCCCCC3)cc2c1. The van der Waals surface area contributed by atoms with Crippen LogP contribution in [0, 0.1) is 0 Å². The molecule has 0 spiro atoms. The van der Waals surface area contributed by atoms with Crippen molar-refractivity contribution in [1.29, 1.82) is 0 Å². The van der Waals surface area contributed by atoms with Crippen LogP contribution in [0.4, 0.5) is 0 Å². The number of quaternary nitrogens is 1. The van der Waals surface area contributed by atoms with Gasteiger partial charge in [0.15, 0.2) is 6.04 Å². The molecule has 31 heavy (non-hydrogen) atoms. The molecule has 1 aliphatic rings. The lowest BCUT2D eigenvalue weighted by Gasteiger charge is -2.26. The summed E-state index contributed by atoms with van der Waals surface area (Å²) in [5.74, 6) is 1.50. The van der Waals surface area contributed by atoms with E-state index in [1.165, 1.54) is 17.7 Å². The number of ether oxygens (including phenoxy) is 2. The average Bonchev–Trinajstić information content (AvgIpc) is 3.06. The highest BCUT2D eigenvalue weighted by Crippen LogP contribution is 2.23. The number of H-pyrrole nitrogens is 1. The molecule has 0 unspecified atom stereocenters. The summed E-state index contributed by atoms with van der Waals surface area (Å²) in [7, 11) is 1.66. The molecule has 1 saturated heterocycles. The van der Waals surface area contributed by atoms with Crippen LogP contribution in [0.15, 0.2) is 29.1 Å². The summed E-state index contributed by atoms with van der Waals surface area (Å²) in [5, 5.41) is 13.4. The van der Waals surface area contributed by atoms with Gasteiger partial charge >= 0.3 is 0 Å². The van der Waals surface area contributed by atoms with E-state index in [1.807, 2.05) is 31.2 Å². The van der Waals surface area contributed by atoms with Crippen molar-refractivity contribution in [2.24, 2.45) is 0 Å². The number of nitrogens with one attached hydrogen (secondary N) is 2. The fourth-order valence-corrected chi connectivity index (χ4v) is 4.44. The third-order valence-electron chi connectivity index (χ3n) is 5.95. The summed E-state index contributed by atoms with van der Waals surface area (Å²) in [6.07, 6.45) is 4.70. The number of pyridine rings is 1. The van der Waals surface area contributed by atoms with E-state index in [0.717, 1.165) is 42.6 Å². The van der Waals surface area contributed by atoms with Crippen molar-refractivity contribution in [3.05, 3.63) is 46.0 Å². The van der Waals surface area contributed by atoms with E-state index in [2.05, 4.69) is 20.5 Å². The second-order valence-corrected chi connectivity index (χ2v) is 7.99. The Labute approximate surface area is 181 Å². The predicted molar refractivity (Wildman–Crippen MR) is 116 cm³/mol. The number of hydrogen-bond donors (Lipinski definition) is 2. The number of rotatable bonds is 8. The van der Waals surface area contributed by atoms with Crippen molar-refractivity contribution in [1.82, 2.24) is 25.2 Å². The number of fused-ring (bicyclic) bond motifs is 1. The van der Waals surface area contributed by atoms with Crippen LogP contribution in [0.5, 0.6) is 5.75 Å². The van der Waals surface area contributed by atoms with E-state index in [0.29, 0.717) is 31.1 Å². The smallest absolute Gasteiger partial charge is 0.258 e. The van der Waals surface area contributed by atoms with E-state index in [9.17, 15) is 4.79 Å². The van der Waals surface area contributed by atoms with Crippen LogP contribution in [0.3, 0.4) is 0 Å². The van der Waals surface area contributed by atoms with Crippen molar-refractivity contribution in [3.63, 3.8) is 0 Å². The molecule has 1 aromatic carbocycles. The van der Waals surface area contributed by atoms with Crippen LogP contribution in [0.25, 0.3) is 10.9 Å². The normalized spacial score (nSPS) is 16.3. The second kappa shape index (κ2) is 10.0. The third-order valence-corrected chi connectivity index (χ3v) is 5.95. The largest absolute Gasteiger partial charge is 0.494 e. The van der Waals surface area contributed by atoms with Crippen LogP contribution in [-0.4, -0.2) is 58.6 Å². The molecule has 0 aliphatic carbocycles. The third kappa shape index (κ3) is 4.77. The number of methoxy groups -OCH3 is 1. The molecular formula is C22H31N6O3+. The van der Waals surface area contributed by atoms with Crippen molar-refractivity contribution < 1.29 is 14.4 Å². The lowest BCUT2D eigenvalue weighted by Crippen LogP contribution is -3.12. The number of nitrogens with zero attached hydrogens (tertiary/aromatic N) is 4. The highest BCUT2D eigenvalue weighted by atomic mass is 16.5. The Bertz CT molecular complexity index is 1050. The molecule has 1 aliphatic heterocycles. The van der Waals surface area contributed by atoms with Crippen LogP contribution >= 0.6 is 0 Å². The minimum atomic E-state index is -0.242. The monoisotopic (exact) mass is 427 g/mol. The lowest BCUT2D eigenvalue weighted by atomic mass is 10.0. The van der Waals surface area contributed by atoms with E-state index < -0.39 is 0 Å². The molecular weight excluding hydrogens is 396 g/mol. The van der Waals surface area contributed by atoms with Gasteiger partial charge in [-0.1, -0.05) is 0 Å². The van der Waals surface area contributed by atoms with Gasteiger partial charge in [-0.15, -0.1) is 5.10 Å². The molecule has 9 nitrogen and oxygen atoms in total. The maximum atomic E-state index is 13.2. The minimum absolute atomic E-state index is 0.0975. The molecule has 3 aromatic rings. The Kier molecular flexibility index (Phi) is 6.93. The quantitative estimate of drug-likeness (QED) is 0.559. The first-order valence-electron chi connectivity index (χ1n) is 11.1. The first kappa shape index (κ1) is 21.5. The average molecular weight is 428 g/mol. The first-order chi connectivity index (χ1) is 15.2. The Morgan fingerprint density at radius 3 is 2.74 bits per heavy atom. The lowest BCUT2D eigenvalue weighted by molar-refractivity contribution is -0.925. The van der Waals surface area contributed by atoms with Gasteiger partial charge in [0.2, 0.25) is 5.82 Å². The molecule has 1 fully saturated rings. The molecule has 3 heterocycles. The Morgan fingerprint density at radius 2 is 2.00 bits per heavy atom. The summed E-state index contributed by atoms with van der Waals surface area (Å²) in [5.41, 5.74) is 1.38. The molecule has 166 valence electrons. The highest BCUT2D eigenvalue weighted by molar-refractivity contribution is 5.80. The molecule has 0 saturated carbocycles. The molecule has 4 rings (SSSR count). The molecule has 0 radical (unpaired) electrons. The first-order valence-corrected chi connectivity index (χ1v) is 11.1. The number of likely N-dealkylation sites (tertiary alicyclic amines) is 1. The number of hydrogen-bond acceptors (Lipinski definition) is 6. The number of benzene rings is 1. The van der Waals surface area contributed by atoms with Crippen LogP contribution in [-0.2, 0) is 11.3 Å². The highest BCUT2D eigenvalue weighted by Gasteiger charge is 2.34. The predicted octanol–water partition coefficient (Wildman–Crippen LogP) is 1.11. The summed E-state index contributed by atoms with van der Waals surface area (Å²) in [6, 6.07) is 7.48. The Balaban J connectivity index is 1.82.